The predicted molar refractivity (Wildman–Crippen MR) is 56.1 cm³/mol. The van der Waals surface area contributed by atoms with Gasteiger partial charge in [-0.15, -0.1) is 0 Å². The van der Waals surface area contributed by atoms with E-state index < -0.39 is 12.6 Å². The van der Waals surface area contributed by atoms with Crippen LogP contribution in [0.1, 0.15) is 18.1 Å². The second-order valence-electron chi connectivity index (χ2n) is 3.05. The predicted octanol–water partition coefficient (Wildman–Crippen LogP) is 2.45. The monoisotopic (exact) mass is 231 g/mol. The molecule has 82 valence electrons. The lowest BCUT2D eigenvalue weighted by Gasteiger charge is -2.10. The highest BCUT2D eigenvalue weighted by Gasteiger charge is 2.10. The molecule has 0 saturated carbocycles. The third kappa shape index (κ3) is 3.09. The van der Waals surface area contributed by atoms with Crippen molar-refractivity contribution in [3.63, 3.8) is 0 Å². The van der Waals surface area contributed by atoms with Crippen molar-refractivity contribution in [2.24, 2.45) is 0 Å². The molecule has 1 aromatic rings. The zero-order valence-electron chi connectivity index (χ0n) is 8.22. The van der Waals surface area contributed by atoms with Crippen molar-refractivity contribution in [2.75, 3.05) is 5.73 Å². The third-order valence-electron chi connectivity index (χ3n) is 1.87. The smallest absolute Gasteiger partial charge is 0.302 e. The topological polar surface area (TPSA) is 52.3 Å². The lowest BCUT2D eigenvalue weighted by atomic mass is 10.1. The Balaban J connectivity index is 2.98. The van der Waals surface area contributed by atoms with Gasteiger partial charge < -0.3 is 10.5 Å². The fourth-order valence-corrected chi connectivity index (χ4v) is 1.47. The number of nitrogen functional groups attached to an aromatic ring is 1. The molecule has 0 radical (unpaired) electrons. The summed E-state index contributed by atoms with van der Waals surface area (Å²) in [6.45, 7) is 0.551. The molecule has 0 heterocycles. The zero-order valence-corrected chi connectivity index (χ0v) is 8.97. The van der Waals surface area contributed by atoms with Crippen molar-refractivity contribution in [1.82, 2.24) is 0 Å². The van der Waals surface area contributed by atoms with Crippen molar-refractivity contribution < 1.29 is 13.9 Å². The van der Waals surface area contributed by atoms with Gasteiger partial charge in [0.05, 0.1) is 0 Å². The molecule has 5 heteroatoms. The second kappa shape index (κ2) is 4.98. The minimum atomic E-state index is -0.693. The largest absolute Gasteiger partial charge is 0.461 e. The molecule has 0 saturated heterocycles. The van der Waals surface area contributed by atoms with Crippen molar-refractivity contribution >= 4 is 23.3 Å². The Morgan fingerprint density at radius 3 is 2.80 bits per heavy atom. The quantitative estimate of drug-likeness (QED) is 0.642. The number of rotatable bonds is 3. The summed E-state index contributed by atoms with van der Waals surface area (Å²) >= 11 is 5.86. The summed E-state index contributed by atoms with van der Waals surface area (Å²) in [5.74, 6) is -0.437. The Labute approximate surface area is 92.0 Å². The van der Waals surface area contributed by atoms with Gasteiger partial charge in [0.15, 0.2) is 0 Å². The average molecular weight is 232 g/mol. The molecular formula is C10H11ClFNO2. The zero-order chi connectivity index (χ0) is 11.4. The molecule has 0 aliphatic rings. The Kier molecular flexibility index (Phi) is 3.91. The van der Waals surface area contributed by atoms with Gasteiger partial charge in [-0.2, -0.15) is 0 Å². The van der Waals surface area contributed by atoms with Crippen LogP contribution in [0.15, 0.2) is 12.1 Å². The van der Waals surface area contributed by atoms with Crippen LogP contribution >= 0.6 is 11.6 Å². The first-order valence-electron chi connectivity index (χ1n) is 4.30. The van der Waals surface area contributed by atoms with E-state index in [0.717, 1.165) is 0 Å². The van der Waals surface area contributed by atoms with Gasteiger partial charge in [-0.25, -0.2) is 4.39 Å². The van der Waals surface area contributed by atoms with Gasteiger partial charge in [-0.05, 0) is 17.7 Å². The van der Waals surface area contributed by atoms with Crippen molar-refractivity contribution in [2.45, 2.75) is 20.2 Å². The molecule has 2 N–H and O–H groups in total. The number of halogens is 2. The maximum atomic E-state index is 12.6. The van der Waals surface area contributed by atoms with Gasteiger partial charge >= 0.3 is 5.97 Å². The van der Waals surface area contributed by atoms with Crippen LogP contribution in [-0.2, 0) is 22.8 Å². The van der Waals surface area contributed by atoms with Gasteiger partial charge in [0.2, 0.25) is 0 Å². The molecule has 0 fully saturated rings. The highest BCUT2D eigenvalue weighted by atomic mass is 35.5. The first-order valence-corrected chi connectivity index (χ1v) is 4.68. The van der Waals surface area contributed by atoms with E-state index in [1.54, 1.807) is 0 Å². The molecule has 15 heavy (non-hydrogen) atoms. The van der Waals surface area contributed by atoms with Crippen LogP contribution in [0.3, 0.4) is 0 Å². The van der Waals surface area contributed by atoms with Crippen LogP contribution < -0.4 is 5.73 Å². The van der Waals surface area contributed by atoms with Crippen LogP contribution in [0, 0.1) is 0 Å². The summed E-state index contributed by atoms with van der Waals surface area (Å²) in [5, 5.41) is 0.309. The van der Waals surface area contributed by atoms with Gasteiger partial charge in [0.25, 0.3) is 0 Å². The number of ether oxygens (including phenoxy) is 1. The summed E-state index contributed by atoms with van der Waals surface area (Å²) in [5.41, 5.74) is 6.70. The van der Waals surface area contributed by atoms with Crippen LogP contribution in [-0.4, -0.2) is 5.97 Å². The molecular weight excluding hydrogens is 221 g/mol. The minimum Gasteiger partial charge on any atom is -0.461 e. The van der Waals surface area contributed by atoms with Crippen LogP contribution in [0.25, 0.3) is 0 Å². The molecule has 0 aromatic heterocycles. The first-order chi connectivity index (χ1) is 7.04. The number of hydrogen-bond acceptors (Lipinski definition) is 3. The maximum absolute atomic E-state index is 12.6. The molecule has 1 aromatic carbocycles. The number of hydrogen-bond donors (Lipinski definition) is 1. The van der Waals surface area contributed by atoms with Crippen LogP contribution in [0.4, 0.5) is 10.1 Å². The van der Waals surface area contributed by atoms with Gasteiger partial charge in [0.1, 0.15) is 13.3 Å². The number of alkyl halides is 1. The van der Waals surface area contributed by atoms with E-state index in [1.165, 1.54) is 19.1 Å². The summed E-state index contributed by atoms with van der Waals surface area (Å²) in [6.07, 6.45) is 0. The normalized spacial score (nSPS) is 10.1. The Morgan fingerprint density at radius 2 is 2.27 bits per heavy atom. The number of esters is 1. The van der Waals surface area contributed by atoms with E-state index in [1.807, 2.05) is 0 Å². The summed E-state index contributed by atoms with van der Waals surface area (Å²) in [6, 6.07) is 2.98. The minimum absolute atomic E-state index is 0.0340. The van der Waals surface area contributed by atoms with Crippen LogP contribution in [0.5, 0.6) is 0 Å². The maximum Gasteiger partial charge on any atom is 0.302 e. The van der Waals surface area contributed by atoms with E-state index in [9.17, 15) is 9.18 Å². The second-order valence-corrected chi connectivity index (χ2v) is 3.46. The van der Waals surface area contributed by atoms with E-state index in [4.69, 9.17) is 22.1 Å². The SMILES string of the molecule is CC(=O)OCc1c(Cl)cc(N)cc1CF. The number of carbonyl (C=O) groups is 1. The lowest BCUT2D eigenvalue weighted by molar-refractivity contribution is -0.142. The van der Waals surface area contributed by atoms with Crippen molar-refractivity contribution in [3.8, 4) is 0 Å². The Bertz CT molecular complexity index is 382. The number of benzene rings is 1. The summed E-state index contributed by atoms with van der Waals surface area (Å²) in [4.78, 5) is 10.6. The van der Waals surface area contributed by atoms with Gasteiger partial charge in [-0.3, -0.25) is 4.79 Å². The first kappa shape index (κ1) is 11.8. The van der Waals surface area contributed by atoms with Gasteiger partial charge in [0, 0.05) is 23.2 Å². The number of anilines is 1. The molecule has 0 amide bonds. The van der Waals surface area contributed by atoms with Crippen molar-refractivity contribution in [1.29, 1.82) is 0 Å². The molecule has 1 rings (SSSR count). The fraction of sp³-hybridized carbons (Fsp3) is 0.300. The van der Waals surface area contributed by atoms with E-state index in [0.29, 0.717) is 21.8 Å². The Hall–Kier alpha value is -1.29. The molecule has 0 atom stereocenters. The average Bonchev–Trinajstić information content (AvgIpc) is 2.14. The third-order valence-corrected chi connectivity index (χ3v) is 2.21. The van der Waals surface area contributed by atoms with E-state index in [-0.39, 0.29) is 6.61 Å². The molecule has 3 nitrogen and oxygen atoms in total. The van der Waals surface area contributed by atoms with Crippen LogP contribution in [0.2, 0.25) is 5.02 Å². The van der Waals surface area contributed by atoms with E-state index >= 15 is 0 Å². The van der Waals surface area contributed by atoms with E-state index in [2.05, 4.69) is 0 Å². The highest BCUT2D eigenvalue weighted by Crippen LogP contribution is 2.25. The number of nitrogens with two attached hydrogens (primary N) is 1. The highest BCUT2D eigenvalue weighted by molar-refractivity contribution is 6.31. The summed E-state index contributed by atoms with van der Waals surface area (Å²) < 4.78 is 17.4. The fourth-order valence-electron chi connectivity index (χ4n) is 1.17. The molecule has 0 unspecified atom stereocenters. The number of carbonyl (C=O) groups excluding carboxylic acids is 1. The standard InChI is InChI=1S/C10H11ClFNO2/c1-6(14)15-5-9-7(4-12)2-8(13)3-10(9)11/h2-3H,4-5,13H2,1H3. The molecule has 0 aliphatic heterocycles. The van der Waals surface area contributed by atoms with Gasteiger partial charge in [-0.1, -0.05) is 11.6 Å². The Morgan fingerprint density at radius 1 is 1.60 bits per heavy atom. The lowest BCUT2D eigenvalue weighted by Crippen LogP contribution is -2.03. The molecule has 0 aliphatic carbocycles. The summed E-state index contributed by atoms with van der Waals surface area (Å²) in [7, 11) is 0. The molecule has 0 bridgehead atoms. The molecule has 0 spiro atoms. The van der Waals surface area contributed by atoms with Crippen molar-refractivity contribution in [3.05, 3.63) is 28.3 Å².